The van der Waals surface area contributed by atoms with Crippen LogP contribution in [-0.2, 0) is 10.0 Å². The molecule has 1 rings (SSSR count). The average molecular weight is 268 g/mol. The molecule has 0 aliphatic rings. The molecule has 0 aliphatic carbocycles. The van der Waals surface area contributed by atoms with E-state index in [0.29, 0.717) is 0 Å². The molecule has 0 saturated heterocycles. The highest BCUT2D eigenvalue weighted by molar-refractivity contribution is 7.89. The monoisotopic (exact) mass is 267 g/mol. The standard InChI is InChI=1S/C9H11ClFNO3S/c1-6(13)5-12-16(14,15)9-4-7(11)2-3-8(9)10/h2-4,6,12-13H,5H2,1H3/t6-/m1/s1. The third-order valence-corrected chi connectivity index (χ3v) is 3.66. The van der Waals surface area contributed by atoms with E-state index in [9.17, 15) is 12.8 Å². The maximum Gasteiger partial charge on any atom is 0.242 e. The van der Waals surface area contributed by atoms with Crippen LogP contribution in [0.15, 0.2) is 23.1 Å². The molecule has 0 heterocycles. The number of aliphatic hydroxyl groups excluding tert-OH is 1. The zero-order valence-electron chi connectivity index (χ0n) is 8.44. The number of halogens is 2. The Labute approximate surface area is 98.1 Å². The summed E-state index contributed by atoms with van der Waals surface area (Å²) in [5.41, 5.74) is 0. The van der Waals surface area contributed by atoms with Crippen LogP contribution in [0.2, 0.25) is 5.02 Å². The summed E-state index contributed by atoms with van der Waals surface area (Å²) in [7, 11) is -3.89. The highest BCUT2D eigenvalue weighted by Crippen LogP contribution is 2.21. The Hall–Kier alpha value is -0.690. The fourth-order valence-corrected chi connectivity index (χ4v) is 2.62. The Morgan fingerprint density at radius 1 is 1.56 bits per heavy atom. The summed E-state index contributed by atoms with van der Waals surface area (Å²) in [5, 5.41) is 8.88. The lowest BCUT2D eigenvalue weighted by Gasteiger charge is -2.09. The molecule has 7 heteroatoms. The first-order chi connectivity index (χ1) is 7.33. The number of sulfonamides is 1. The third kappa shape index (κ3) is 3.41. The molecule has 2 N–H and O–H groups in total. The van der Waals surface area contributed by atoms with E-state index in [4.69, 9.17) is 16.7 Å². The highest BCUT2D eigenvalue weighted by Gasteiger charge is 2.18. The third-order valence-electron chi connectivity index (χ3n) is 1.75. The van der Waals surface area contributed by atoms with E-state index >= 15 is 0 Å². The summed E-state index contributed by atoms with van der Waals surface area (Å²) in [6, 6.07) is 3.05. The second-order valence-corrected chi connectivity index (χ2v) is 5.42. The predicted molar refractivity (Wildman–Crippen MR) is 58.3 cm³/mol. The average Bonchev–Trinajstić information content (AvgIpc) is 2.19. The number of aliphatic hydroxyl groups is 1. The molecule has 0 amide bonds. The highest BCUT2D eigenvalue weighted by atomic mass is 35.5. The van der Waals surface area contributed by atoms with Gasteiger partial charge in [0.15, 0.2) is 0 Å². The summed E-state index contributed by atoms with van der Waals surface area (Å²) in [6.07, 6.45) is -0.831. The predicted octanol–water partition coefficient (Wildman–Crippen LogP) is 1.14. The first-order valence-corrected chi connectivity index (χ1v) is 6.32. The van der Waals surface area contributed by atoms with Gasteiger partial charge in [0.2, 0.25) is 10.0 Å². The SMILES string of the molecule is C[C@@H](O)CNS(=O)(=O)c1cc(F)ccc1Cl. The molecule has 0 aromatic heterocycles. The second kappa shape index (κ2) is 5.09. The maximum atomic E-state index is 12.9. The van der Waals surface area contributed by atoms with E-state index in [0.717, 1.165) is 18.2 Å². The van der Waals surface area contributed by atoms with Crippen molar-refractivity contribution in [3.05, 3.63) is 29.0 Å². The van der Waals surface area contributed by atoms with E-state index in [1.807, 2.05) is 0 Å². The molecule has 1 aromatic rings. The lowest BCUT2D eigenvalue weighted by atomic mass is 10.3. The van der Waals surface area contributed by atoms with Gasteiger partial charge < -0.3 is 5.11 Å². The molecular formula is C9H11ClFNO3S. The summed E-state index contributed by atoms with van der Waals surface area (Å²) in [6.45, 7) is 1.27. The van der Waals surface area contributed by atoms with E-state index < -0.39 is 21.9 Å². The minimum Gasteiger partial charge on any atom is -0.392 e. The van der Waals surface area contributed by atoms with Crippen LogP contribution < -0.4 is 4.72 Å². The van der Waals surface area contributed by atoms with Crippen LogP contribution in [0, 0.1) is 5.82 Å². The number of benzene rings is 1. The van der Waals surface area contributed by atoms with Gasteiger partial charge >= 0.3 is 0 Å². The van der Waals surface area contributed by atoms with E-state index in [2.05, 4.69) is 4.72 Å². The van der Waals surface area contributed by atoms with Crippen molar-refractivity contribution in [1.82, 2.24) is 4.72 Å². The van der Waals surface area contributed by atoms with Crippen molar-refractivity contribution < 1.29 is 17.9 Å². The Kier molecular flexibility index (Phi) is 4.26. The Morgan fingerprint density at radius 2 is 2.19 bits per heavy atom. The molecule has 1 aromatic carbocycles. The van der Waals surface area contributed by atoms with Gasteiger partial charge in [0.1, 0.15) is 10.7 Å². The minimum absolute atomic E-state index is 0.0699. The van der Waals surface area contributed by atoms with Gasteiger partial charge in [-0.05, 0) is 25.1 Å². The Bertz CT molecular complexity index is 476. The van der Waals surface area contributed by atoms with Crippen LogP contribution in [0.1, 0.15) is 6.92 Å². The first-order valence-electron chi connectivity index (χ1n) is 4.45. The van der Waals surface area contributed by atoms with Crippen molar-refractivity contribution in [2.24, 2.45) is 0 Å². The lowest BCUT2D eigenvalue weighted by molar-refractivity contribution is 0.198. The number of hydrogen-bond donors (Lipinski definition) is 2. The normalized spacial score (nSPS) is 13.8. The fraction of sp³-hybridized carbons (Fsp3) is 0.333. The zero-order valence-corrected chi connectivity index (χ0v) is 10.0. The van der Waals surface area contributed by atoms with Gasteiger partial charge in [-0.15, -0.1) is 0 Å². The second-order valence-electron chi connectivity index (χ2n) is 3.28. The summed E-state index contributed by atoms with van der Waals surface area (Å²) in [4.78, 5) is -0.338. The number of hydrogen-bond acceptors (Lipinski definition) is 3. The number of nitrogens with one attached hydrogen (secondary N) is 1. The molecule has 16 heavy (non-hydrogen) atoms. The summed E-state index contributed by atoms with van der Waals surface area (Å²) >= 11 is 5.65. The molecule has 0 aliphatic heterocycles. The van der Waals surface area contributed by atoms with Gasteiger partial charge in [-0.1, -0.05) is 11.6 Å². The molecule has 0 radical (unpaired) electrons. The first kappa shape index (κ1) is 13.4. The maximum absolute atomic E-state index is 12.9. The van der Waals surface area contributed by atoms with Gasteiger partial charge in [0.25, 0.3) is 0 Å². The smallest absolute Gasteiger partial charge is 0.242 e. The van der Waals surface area contributed by atoms with Crippen molar-refractivity contribution in [1.29, 1.82) is 0 Å². The fourth-order valence-electron chi connectivity index (χ4n) is 0.991. The van der Waals surface area contributed by atoms with Crippen LogP contribution in [0.3, 0.4) is 0 Å². The molecule has 1 atom stereocenters. The van der Waals surface area contributed by atoms with Crippen molar-refractivity contribution in [2.45, 2.75) is 17.9 Å². The van der Waals surface area contributed by atoms with Crippen molar-refractivity contribution in [3.8, 4) is 0 Å². The minimum atomic E-state index is -3.89. The van der Waals surface area contributed by atoms with E-state index in [1.165, 1.54) is 6.92 Å². The van der Waals surface area contributed by atoms with Crippen LogP contribution in [-0.4, -0.2) is 26.2 Å². The van der Waals surface area contributed by atoms with Gasteiger partial charge in [-0.3, -0.25) is 0 Å². The molecule has 0 unspecified atom stereocenters. The quantitative estimate of drug-likeness (QED) is 0.860. The van der Waals surface area contributed by atoms with Gasteiger partial charge in [0.05, 0.1) is 11.1 Å². The molecule has 0 bridgehead atoms. The van der Waals surface area contributed by atoms with Gasteiger partial charge in [-0.25, -0.2) is 17.5 Å². The summed E-state index contributed by atoms with van der Waals surface area (Å²) < 4.78 is 38.3. The number of rotatable bonds is 4. The largest absolute Gasteiger partial charge is 0.392 e. The molecular weight excluding hydrogens is 257 g/mol. The molecule has 0 fully saturated rings. The van der Waals surface area contributed by atoms with Crippen molar-refractivity contribution >= 4 is 21.6 Å². The van der Waals surface area contributed by atoms with Crippen LogP contribution in [0.5, 0.6) is 0 Å². The van der Waals surface area contributed by atoms with E-state index in [1.54, 1.807) is 0 Å². The zero-order chi connectivity index (χ0) is 12.3. The topological polar surface area (TPSA) is 66.4 Å². The molecule has 4 nitrogen and oxygen atoms in total. The van der Waals surface area contributed by atoms with Crippen LogP contribution in [0.25, 0.3) is 0 Å². The Balaban J connectivity index is 3.02. The molecule has 0 spiro atoms. The molecule has 0 saturated carbocycles. The van der Waals surface area contributed by atoms with E-state index in [-0.39, 0.29) is 16.5 Å². The van der Waals surface area contributed by atoms with Crippen molar-refractivity contribution in [2.75, 3.05) is 6.54 Å². The van der Waals surface area contributed by atoms with Crippen molar-refractivity contribution in [3.63, 3.8) is 0 Å². The lowest BCUT2D eigenvalue weighted by Crippen LogP contribution is -2.30. The van der Waals surface area contributed by atoms with Crippen LogP contribution in [0.4, 0.5) is 4.39 Å². The summed E-state index contributed by atoms with van der Waals surface area (Å²) in [5.74, 6) is -0.693. The molecule has 90 valence electrons. The van der Waals surface area contributed by atoms with Gasteiger partial charge in [0, 0.05) is 6.54 Å². The Morgan fingerprint density at radius 3 is 2.75 bits per heavy atom. The van der Waals surface area contributed by atoms with Crippen LogP contribution >= 0.6 is 11.6 Å². The van der Waals surface area contributed by atoms with Gasteiger partial charge in [-0.2, -0.15) is 0 Å².